The number of rotatable bonds is 8. The highest BCUT2D eigenvalue weighted by atomic mass is 32.2. The van der Waals surface area contributed by atoms with E-state index in [2.05, 4.69) is 14.9 Å². The molecule has 1 fully saturated rings. The van der Waals surface area contributed by atoms with E-state index in [0.717, 1.165) is 17.6 Å². The highest BCUT2D eigenvalue weighted by molar-refractivity contribution is 7.91. The summed E-state index contributed by atoms with van der Waals surface area (Å²) in [5.41, 5.74) is 1.79. The van der Waals surface area contributed by atoms with Gasteiger partial charge < -0.3 is 9.64 Å². The van der Waals surface area contributed by atoms with E-state index in [1.54, 1.807) is 0 Å². The highest BCUT2D eigenvalue weighted by Gasteiger charge is 2.34. The Balaban J connectivity index is 1.84. The third kappa shape index (κ3) is 5.64. The quantitative estimate of drug-likeness (QED) is 0.560. The Labute approximate surface area is 190 Å². The minimum Gasteiger partial charge on any atom is -0.383 e. The molecule has 1 aromatic carbocycles. The fraction of sp³-hybridized carbons (Fsp3) is 0.524. The van der Waals surface area contributed by atoms with Gasteiger partial charge in [0.05, 0.1) is 16.4 Å². The van der Waals surface area contributed by atoms with Crippen molar-refractivity contribution < 1.29 is 21.6 Å². The third-order valence-electron chi connectivity index (χ3n) is 5.48. The maximum Gasteiger partial charge on any atom is 0.243 e. The minimum absolute atomic E-state index is 0.0212. The number of sulfone groups is 1. The molecule has 1 aromatic heterocycles. The first-order valence-corrected chi connectivity index (χ1v) is 13.7. The van der Waals surface area contributed by atoms with Gasteiger partial charge in [-0.25, -0.2) is 26.8 Å². The second kappa shape index (κ2) is 9.82. The van der Waals surface area contributed by atoms with Gasteiger partial charge in [0.25, 0.3) is 0 Å². The molecule has 0 unspecified atom stereocenters. The lowest BCUT2D eigenvalue weighted by molar-refractivity contribution is 0.159. The summed E-state index contributed by atoms with van der Waals surface area (Å²) in [7, 11) is -5.92. The Hall–Kier alpha value is -2.08. The summed E-state index contributed by atoms with van der Waals surface area (Å²) in [4.78, 5) is 11.0. The van der Waals surface area contributed by atoms with Crippen molar-refractivity contribution in [2.24, 2.45) is 0 Å². The number of nitrogens with zero attached hydrogens (tertiary/aromatic N) is 4. The molecule has 0 N–H and O–H groups in total. The van der Waals surface area contributed by atoms with Gasteiger partial charge in [-0.3, -0.25) is 0 Å². The zero-order valence-corrected chi connectivity index (χ0v) is 20.5. The molecule has 2 heterocycles. The molecule has 1 aliphatic heterocycles. The fourth-order valence-corrected chi connectivity index (χ4v) is 6.34. The first kappa shape index (κ1) is 24.6. The van der Waals surface area contributed by atoms with Gasteiger partial charge in [-0.05, 0) is 51.0 Å². The van der Waals surface area contributed by atoms with Crippen LogP contribution < -0.4 is 4.90 Å². The molecule has 0 spiro atoms. The van der Waals surface area contributed by atoms with E-state index in [0.29, 0.717) is 31.9 Å². The summed E-state index contributed by atoms with van der Waals surface area (Å²) in [6.45, 7) is 5.52. The minimum atomic E-state index is -3.91. The molecule has 9 nitrogen and oxygen atoms in total. The number of piperidine rings is 1. The molecule has 0 saturated carbocycles. The van der Waals surface area contributed by atoms with Crippen LogP contribution in [0.25, 0.3) is 0 Å². The van der Waals surface area contributed by atoms with Crippen LogP contribution in [0.15, 0.2) is 40.1 Å². The lowest BCUT2D eigenvalue weighted by Gasteiger charge is -2.38. The van der Waals surface area contributed by atoms with Crippen LogP contribution in [-0.4, -0.2) is 76.8 Å². The second-order valence-electron chi connectivity index (χ2n) is 8.02. The molecule has 11 heteroatoms. The normalized spacial score (nSPS) is 16.0. The number of methoxy groups -OCH3 is 1. The largest absolute Gasteiger partial charge is 0.383 e. The van der Waals surface area contributed by atoms with Crippen molar-refractivity contribution in [1.29, 1.82) is 0 Å². The van der Waals surface area contributed by atoms with E-state index in [9.17, 15) is 16.8 Å². The number of hydrogen-bond donors (Lipinski definition) is 0. The van der Waals surface area contributed by atoms with Crippen molar-refractivity contribution in [3.05, 3.63) is 41.7 Å². The summed E-state index contributed by atoms with van der Waals surface area (Å²) in [5.74, 6) is 0.660. The van der Waals surface area contributed by atoms with Gasteiger partial charge in [0.2, 0.25) is 16.0 Å². The van der Waals surface area contributed by atoms with Crippen molar-refractivity contribution in [2.75, 3.05) is 44.5 Å². The van der Waals surface area contributed by atoms with Crippen LogP contribution in [0.3, 0.4) is 0 Å². The first-order valence-electron chi connectivity index (χ1n) is 10.4. The van der Waals surface area contributed by atoms with Gasteiger partial charge in [0, 0.05) is 50.4 Å². The van der Waals surface area contributed by atoms with Crippen molar-refractivity contribution in [1.82, 2.24) is 14.3 Å². The first-order chi connectivity index (χ1) is 15.0. The van der Waals surface area contributed by atoms with Crippen LogP contribution in [0.1, 0.15) is 24.2 Å². The Bertz CT molecular complexity index is 1140. The topological polar surface area (TPSA) is 110 Å². The third-order valence-corrected chi connectivity index (χ3v) is 8.54. The Morgan fingerprint density at radius 3 is 2.19 bits per heavy atom. The predicted octanol–water partition coefficient (Wildman–Crippen LogP) is 1.80. The average Bonchev–Trinajstić information content (AvgIpc) is 2.73. The maximum atomic E-state index is 13.5. The lowest BCUT2D eigenvalue weighted by Crippen LogP contribution is -2.48. The molecule has 32 heavy (non-hydrogen) atoms. The summed E-state index contributed by atoms with van der Waals surface area (Å²) < 4.78 is 57.4. The van der Waals surface area contributed by atoms with Crippen LogP contribution in [0, 0.1) is 13.8 Å². The molecule has 0 bridgehead atoms. The number of aryl methyl sites for hydroxylation is 2. The van der Waals surface area contributed by atoms with E-state index in [-0.39, 0.29) is 29.0 Å². The number of aromatic nitrogens is 2. The number of hydrogen-bond acceptors (Lipinski definition) is 8. The zero-order chi connectivity index (χ0) is 23.5. The summed E-state index contributed by atoms with van der Waals surface area (Å²) >= 11 is 0. The number of sulfonamides is 1. The van der Waals surface area contributed by atoms with E-state index < -0.39 is 19.9 Å². The summed E-state index contributed by atoms with van der Waals surface area (Å²) in [6.07, 6.45) is 2.27. The van der Waals surface area contributed by atoms with Crippen LogP contribution in [0.2, 0.25) is 0 Å². The van der Waals surface area contributed by atoms with Crippen LogP contribution >= 0.6 is 0 Å². The molecule has 0 aliphatic carbocycles. The van der Waals surface area contributed by atoms with Crippen molar-refractivity contribution in [2.45, 2.75) is 42.5 Å². The molecular formula is C21H30N4O5S2. The highest BCUT2D eigenvalue weighted by Crippen LogP contribution is 2.27. The summed E-state index contributed by atoms with van der Waals surface area (Å²) in [6, 6.07) is 7.19. The van der Waals surface area contributed by atoms with Gasteiger partial charge in [-0.2, -0.15) is 4.31 Å². The number of anilines is 1. The Morgan fingerprint density at radius 1 is 1.03 bits per heavy atom. The molecule has 2 aromatic rings. The lowest BCUT2D eigenvalue weighted by atomic mass is 10.1. The van der Waals surface area contributed by atoms with Crippen LogP contribution in [0.5, 0.6) is 0 Å². The fourth-order valence-electron chi connectivity index (χ4n) is 3.88. The molecule has 1 aliphatic rings. The average molecular weight is 483 g/mol. The maximum absolute atomic E-state index is 13.5. The van der Waals surface area contributed by atoms with Gasteiger partial charge in [0.15, 0.2) is 9.84 Å². The molecule has 3 rings (SSSR count). The smallest absolute Gasteiger partial charge is 0.243 e. The van der Waals surface area contributed by atoms with Crippen LogP contribution in [0.4, 0.5) is 5.95 Å². The molecular weight excluding hydrogens is 452 g/mol. The standard InChI is InChI=1S/C21H30N4O5S2/c1-16-14-17(2)23-21(22-16)24-10-8-18(9-11-24)25(12-13-30-3)32(28,29)20-7-5-6-19(15-20)31(4,26)27/h5-7,14-15,18H,8-13H2,1-4H3. The van der Waals surface area contributed by atoms with Gasteiger partial charge in [-0.15, -0.1) is 0 Å². The van der Waals surface area contributed by atoms with Crippen molar-refractivity contribution >= 4 is 25.8 Å². The SMILES string of the molecule is COCCN(C1CCN(c2nc(C)cc(C)n2)CC1)S(=O)(=O)c1cccc(S(C)(=O)=O)c1. The van der Waals surface area contributed by atoms with E-state index >= 15 is 0 Å². The monoisotopic (exact) mass is 482 g/mol. The van der Waals surface area contributed by atoms with Crippen molar-refractivity contribution in [3.8, 4) is 0 Å². The molecule has 1 saturated heterocycles. The molecule has 176 valence electrons. The number of ether oxygens (including phenoxy) is 1. The summed E-state index contributed by atoms with van der Waals surface area (Å²) in [5, 5.41) is 0. The van der Waals surface area contributed by atoms with Crippen LogP contribution in [-0.2, 0) is 24.6 Å². The second-order valence-corrected chi connectivity index (χ2v) is 11.9. The van der Waals surface area contributed by atoms with Gasteiger partial charge in [0.1, 0.15) is 0 Å². The van der Waals surface area contributed by atoms with Gasteiger partial charge in [-0.1, -0.05) is 6.07 Å². The predicted molar refractivity (Wildman–Crippen MR) is 122 cm³/mol. The van der Waals surface area contributed by atoms with E-state index in [4.69, 9.17) is 4.74 Å². The Morgan fingerprint density at radius 2 is 1.62 bits per heavy atom. The molecule has 0 atom stereocenters. The molecule has 0 amide bonds. The van der Waals surface area contributed by atoms with E-state index in [1.165, 1.54) is 35.7 Å². The van der Waals surface area contributed by atoms with Crippen molar-refractivity contribution in [3.63, 3.8) is 0 Å². The zero-order valence-electron chi connectivity index (χ0n) is 18.9. The number of benzene rings is 1. The molecule has 0 radical (unpaired) electrons. The Kier molecular flexibility index (Phi) is 7.53. The van der Waals surface area contributed by atoms with E-state index in [1.807, 2.05) is 19.9 Å². The van der Waals surface area contributed by atoms with Gasteiger partial charge >= 0.3 is 0 Å².